The van der Waals surface area contributed by atoms with Crippen LogP contribution >= 0.6 is 0 Å². The Balaban J connectivity index is 1.46. The highest BCUT2D eigenvalue weighted by molar-refractivity contribution is 6.07. The molecule has 25 heavy (non-hydrogen) atoms. The lowest BCUT2D eigenvalue weighted by Gasteiger charge is -2.11. The van der Waals surface area contributed by atoms with Crippen LogP contribution in [-0.4, -0.2) is 12.5 Å². The Morgan fingerprint density at radius 1 is 1.04 bits per heavy atom. The van der Waals surface area contributed by atoms with Gasteiger partial charge >= 0.3 is 0 Å². The zero-order chi connectivity index (χ0) is 17.2. The van der Waals surface area contributed by atoms with Gasteiger partial charge in [0.15, 0.2) is 0 Å². The van der Waals surface area contributed by atoms with Gasteiger partial charge in [0.2, 0.25) is 5.91 Å². The molecule has 2 aromatic carbocycles. The van der Waals surface area contributed by atoms with E-state index >= 15 is 0 Å². The smallest absolute Gasteiger partial charge is 0.238 e. The van der Waals surface area contributed by atoms with Crippen molar-refractivity contribution in [2.24, 2.45) is 0 Å². The Hall–Kier alpha value is -3.05. The van der Waals surface area contributed by atoms with Crippen LogP contribution in [0.5, 0.6) is 0 Å². The van der Waals surface area contributed by atoms with Gasteiger partial charge in [0, 0.05) is 16.5 Å². The lowest BCUT2D eigenvalue weighted by atomic mass is 10.1. The minimum atomic E-state index is -0.106. The molecule has 2 N–H and O–H groups in total. The molecule has 1 amide bonds. The number of anilines is 1. The molecular weight excluding hydrogens is 316 g/mol. The number of hydrogen-bond acceptors (Lipinski definition) is 4. The molecule has 126 valence electrons. The molecule has 5 heteroatoms. The first-order valence-corrected chi connectivity index (χ1v) is 8.18. The van der Waals surface area contributed by atoms with Crippen molar-refractivity contribution in [3.05, 3.63) is 66.6 Å². The molecule has 0 saturated carbocycles. The van der Waals surface area contributed by atoms with E-state index in [9.17, 15) is 4.79 Å². The third-order valence-corrected chi connectivity index (χ3v) is 4.20. The Morgan fingerprint density at radius 2 is 1.88 bits per heavy atom. The number of para-hydroxylation sites is 1. The molecule has 0 aliphatic rings. The minimum Gasteiger partial charge on any atom is -0.468 e. The van der Waals surface area contributed by atoms with Gasteiger partial charge in [-0.2, -0.15) is 0 Å². The van der Waals surface area contributed by atoms with Crippen molar-refractivity contribution in [2.45, 2.75) is 13.0 Å². The zero-order valence-electron chi connectivity index (χ0n) is 13.8. The molecule has 2 aromatic heterocycles. The van der Waals surface area contributed by atoms with Crippen molar-refractivity contribution in [2.75, 3.05) is 11.9 Å². The molecule has 0 aliphatic heterocycles. The molecule has 4 aromatic rings. The van der Waals surface area contributed by atoms with Gasteiger partial charge in [0.05, 0.1) is 18.8 Å². The van der Waals surface area contributed by atoms with E-state index in [0.717, 1.165) is 33.4 Å². The van der Waals surface area contributed by atoms with E-state index in [4.69, 9.17) is 8.83 Å². The van der Waals surface area contributed by atoms with Crippen molar-refractivity contribution in [1.82, 2.24) is 5.32 Å². The summed E-state index contributed by atoms with van der Waals surface area (Å²) in [4.78, 5) is 12.2. The van der Waals surface area contributed by atoms with Crippen LogP contribution in [0.2, 0.25) is 0 Å². The second-order valence-corrected chi connectivity index (χ2v) is 5.98. The molecule has 0 fully saturated rings. The van der Waals surface area contributed by atoms with Crippen LogP contribution < -0.4 is 10.6 Å². The molecule has 1 atom stereocenters. The van der Waals surface area contributed by atoms with E-state index in [1.54, 1.807) is 6.26 Å². The Morgan fingerprint density at radius 3 is 2.72 bits per heavy atom. The standard InChI is InChI=1S/C20H18N2O3/c1-13(17-7-4-10-24-17)21-12-20(23)22-14-8-9-19-16(11-14)15-5-2-3-6-18(15)25-19/h2-11,13,21H,12H2,1H3,(H,22,23)/t13-/m1/s1. The first kappa shape index (κ1) is 15.5. The fourth-order valence-corrected chi connectivity index (χ4v) is 2.89. The van der Waals surface area contributed by atoms with E-state index in [2.05, 4.69) is 10.6 Å². The summed E-state index contributed by atoms with van der Waals surface area (Å²) in [5, 5.41) is 8.09. The summed E-state index contributed by atoms with van der Waals surface area (Å²) in [5.74, 6) is 0.699. The SMILES string of the molecule is C[C@@H](NCC(=O)Nc1ccc2oc3ccccc3c2c1)c1ccco1. The van der Waals surface area contributed by atoms with Crippen molar-refractivity contribution in [3.63, 3.8) is 0 Å². The maximum atomic E-state index is 12.2. The number of carbonyl (C=O) groups excluding carboxylic acids is 1. The normalized spacial score (nSPS) is 12.5. The lowest BCUT2D eigenvalue weighted by Crippen LogP contribution is -2.29. The second-order valence-electron chi connectivity index (χ2n) is 5.98. The van der Waals surface area contributed by atoms with Crippen molar-refractivity contribution >= 4 is 33.5 Å². The monoisotopic (exact) mass is 334 g/mol. The zero-order valence-corrected chi connectivity index (χ0v) is 13.8. The van der Waals surface area contributed by atoms with Crippen LogP contribution in [0, 0.1) is 0 Å². The predicted molar refractivity (Wildman–Crippen MR) is 97.5 cm³/mol. The number of amides is 1. The molecule has 0 saturated heterocycles. The summed E-state index contributed by atoms with van der Waals surface area (Å²) in [6.07, 6.45) is 1.62. The molecule has 5 nitrogen and oxygen atoms in total. The third-order valence-electron chi connectivity index (χ3n) is 4.20. The third kappa shape index (κ3) is 3.14. The fraction of sp³-hybridized carbons (Fsp3) is 0.150. The van der Waals surface area contributed by atoms with Gasteiger partial charge in [-0.05, 0) is 43.3 Å². The van der Waals surface area contributed by atoms with Gasteiger partial charge < -0.3 is 14.2 Å². The summed E-state index contributed by atoms with van der Waals surface area (Å²) in [6.45, 7) is 2.15. The van der Waals surface area contributed by atoms with Crippen LogP contribution in [0.25, 0.3) is 21.9 Å². The highest BCUT2D eigenvalue weighted by Crippen LogP contribution is 2.30. The van der Waals surface area contributed by atoms with E-state index in [0.29, 0.717) is 0 Å². The van der Waals surface area contributed by atoms with Gasteiger partial charge in [0.25, 0.3) is 0 Å². The lowest BCUT2D eigenvalue weighted by molar-refractivity contribution is -0.115. The molecule has 0 unspecified atom stereocenters. The maximum Gasteiger partial charge on any atom is 0.238 e. The van der Waals surface area contributed by atoms with Crippen molar-refractivity contribution in [1.29, 1.82) is 0 Å². The van der Waals surface area contributed by atoms with Crippen molar-refractivity contribution < 1.29 is 13.6 Å². The van der Waals surface area contributed by atoms with Gasteiger partial charge in [0.1, 0.15) is 16.9 Å². The average Bonchev–Trinajstić information content (AvgIpc) is 3.27. The number of furan rings is 2. The summed E-state index contributed by atoms with van der Waals surface area (Å²) < 4.78 is 11.1. The minimum absolute atomic E-state index is 0.0268. The molecule has 0 bridgehead atoms. The second kappa shape index (κ2) is 6.45. The topological polar surface area (TPSA) is 67.4 Å². The molecule has 0 aliphatic carbocycles. The van der Waals surface area contributed by atoms with Crippen LogP contribution in [0.15, 0.2) is 69.7 Å². The van der Waals surface area contributed by atoms with Crippen molar-refractivity contribution in [3.8, 4) is 0 Å². The predicted octanol–water partition coefficient (Wildman–Crippen LogP) is 4.47. The van der Waals surface area contributed by atoms with Gasteiger partial charge in [-0.1, -0.05) is 18.2 Å². The number of hydrogen-bond donors (Lipinski definition) is 2. The Kier molecular flexibility index (Phi) is 3.99. The average molecular weight is 334 g/mol. The van der Waals surface area contributed by atoms with Gasteiger partial charge in [-0.15, -0.1) is 0 Å². The van der Waals surface area contributed by atoms with E-state index in [-0.39, 0.29) is 18.5 Å². The fourth-order valence-electron chi connectivity index (χ4n) is 2.89. The molecule has 0 radical (unpaired) electrons. The Bertz CT molecular complexity index is 1020. The van der Waals surface area contributed by atoms with Crippen LogP contribution in [0.3, 0.4) is 0 Å². The van der Waals surface area contributed by atoms with Gasteiger partial charge in [-0.3, -0.25) is 10.1 Å². The van der Waals surface area contributed by atoms with Crippen LogP contribution in [0.4, 0.5) is 5.69 Å². The summed E-state index contributed by atoms with van der Waals surface area (Å²) >= 11 is 0. The van der Waals surface area contributed by atoms with E-state index in [1.807, 2.05) is 61.5 Å². The first-order chi connectivity index (χ1) is 12.2. The molecule has 4 rings (SSSR count). The number of carbonyl (C=O) groups is 1. The summed E-state index contributed by atoms with van der Waals surface area (Å²) in [5.41, 5.74) is 2.40. The molecule has 2 heterocycles. The largest absolute Gasteiger partial charge is 0.468 e. The molecule has 0 spiro atoms. The molecular formula is C20H18N2O3. The number of benzene rings is 2. The van der Waals surface area contributed by atoms with Crippen LogP contribution in [-0.2, 0) is 4.79 Å². The highest BCUT2D eigenvalue weighted by Gasteiger charge is 2.11. The number of rotatable bonds is 5. The van der Waals surface area contributed by atoms with Gasteiger partial charge in [-0.25, -0.2) is 0 Å². The quantitative estimate of drug-likeness (QED) is 0.565. The van der Waals surface area contributed by atoms with Crippen LogP contribution in [0.1, 0.15) is 18.7 Å². The number of nitrogens with one attached hydrogen (secondary N) is 2. The summed E-state index contributed by atoms with van der Waals surface area (Å²) in [7, 11) is 0. The maximum absolute atomic E-state index is 12.2. The van der Waals surface area contributed by atoms with E-state index < -0.39 is 0 Å². The first-order valence-electron chi connectivity index (χ1n) is 8.18. The van der Waals surface area contributed by atoms with E-state index in [1.165, 1.54) is 0 Å². The number of fused-ring (bicyclic) bond motifs is 3. The summed E-state index contributed by atoms with van der Waals surface area (Å²) in [6, 6.07) is 17.2. The Labute approximate surface area is 144 Å². The highest BCUT2D eigenvalue weighted by atomic mass is 16.3.